The molecule has 172 valence electrons. The van der Waals surface area contributed by atoms with Gasteiger partial charge in [-0.05, 0) is 52.7 Å². The molecule has 0 fully saturated rings. The van der Waals surface area contributed by atoms with Gasteiger partial charge in [0.15, 0.2) is 5.82 Å². The molecular weight excluding hydrogens is 440 g/mol. The number of nitrogens with zero attached hydrogens (tertiary/aromatic N) is 7. The molecule has 2 aromatic heterocycles. The molecule has 0 unspecified atom stereocenters. The third kappa shape index (κ3) is 5.04. The first kappa shape index (κ1) is 22.9. The van der Waals surface area contributed by atoms with Gasteiger partial charge in [0.25, 0.3) is 0 Å². The lowest BCUT2D eigenvalue weighted by molar-refractivity contribution is -0.000729. The highest BCUT2D eigenvalue weighted by molar-refractivity contribution is 6.30. The fourth-order valence-corrected chi connectivity index (χ4v) is 3.98. The maximum atomic E-state index is 6.47. The van der Waals surface area contributed by atoms with Gasteiger partial charge < -0.3 is 10.1 Å². The van der Waals surface area contributed by atoms with Crippen LogP contribution in [0.2, 0.25) is 5.02 Å². The van der Waals surface area contributed by atoms with Crippen molar-refractivity contribution in [2.45, 2.75) is 39.1 Å². The highest BCUT2D eigenvalue weighted by Crippen LogP contribution is 2.41. The van der Waals surface area contributed by atoms with Crippen LogP contribution in [0.25, 0.3) is 0 Å². The summed E-state index contributed by atoms with van der Waals surface area (Å²) in [6, 6.07) is 16.8. The van der Waals surface area contributed by atoms with Gasteiger partial charge in [0.2, 0.25) is 6.23 Å². The van der Waals surface area contributed by atoms with Crippen molar-refractivity contribution in [1.82, 2.24) is 40.3 Å². The van der Waals surface area contributed by atoms with Crippen molar-refractivity contribution in [3.05, 3.63) is 83.7 Å². The zero-order valence-electron chi connectivity index (χ0n) is 19.0. The molecule has 0 amide bonds. The summed E-state index contributed by atoms with van der Waals surface area (Å²) in [5, 5.41) is 21.2. The second kappa shape index (κ2) is 9.68. The lowest BCUT2D eigenvalue weighted by Crippen LogP contribution is -2.39. The average molecular weight is 467 g/mol. The number of hydrogen-bond donors (Lipinski definition) is 1. The summed E-state index contributed by atoms with van der Waals surface area (Å²) in [6.45, 7) is 6.36. The van der Waals surface area contributed by atoms with Gasteiger partial charge in [-0.25, -0.2) is 14.3 Å². The summed E-state index contributed by atoms with van der Waals surface area (Å²) in [6.07, 6.45) is 2.54. The fraction of sp³-hybridized carbons (Fsp3) is 0.348. The van der Waals surface area contributed by atoms with E-state index in [0.29, 0.717) is 16.6 Å². The van der Waals surface area contributed by atoms with E-state index in [1.807, 2.05) is 54.2 Å². The van der Waals surface area contributed by atoms with E-state index >= 15 is 0 Å². The van der Waals surface area contributed by atoms with Crippen molar-refractivity contribution in [3.8, 4) is 5.75 Å². The SMILES string of the molecule is CN[C@H](c1ccccc1)c1nnnn1[C@@H]([C@@H](Oc1ccc(Cl)cc1)n1cncn1)C(C)(C)C. The molecule has 0 aliphatic carbocycles. The molecule has 0 saturated carbocycles. The van der Waals surface area contributed by atoms with Crippen LogP contribution in [0.1, 0.15) is 50.5 Å². The Kier molecular flexibility index (Phi) is 6.71. The summed E-state index contributed by atoms with van der Waals surface area (Å²) < 4.78 is 9.98. The van der Waals surface area contributed by atoms with Crippen molar-refractivity contribution in [2.24, 2.45) is 5.41 Å². The van der Waals surface area contributed by atoms with Gasteiger partial charge in [-0.3, -0.25) is 0 Å². The van der Waals surface area contributed by atoms with Gasteiger partial charge in [0, 0.05) is 5.02 Å². The fourth-order valence-electron chi connectivity index (χ4n) is 3.86. The topological polar surface area (TPSA) is 95.6 Å². The molecule has 4 rings (SSSR count). The summed E-state index contributed by atoms with van der Waals surface area (Å²) in [5.41, 5.74) is 0.738. The first-order valence-corrected chi connectivity index (χ1v) is 11.0. The van der Waals surface area contributed by atoms with E-state index in [1.165, 1.54) is 6.33 Å². The quantitative estimate of drug-likeness (QED) is 0.417. The predicted octanol–water partition coefficient (Wildman–Crippen LogP) is 4.09. The Morgan fingerprint density at radius 3 is 2.36 bits per heavy atom. The molecule has 10 heteroatoms. The van der Waals surface area contributed by atoms with E-state index in [0.717, 1.165) is 5.56 Å². The molecule has 3 atom stereocenters. The van der Waals surface area contributed by atoms with E-state index in [2.05, 4.69) is 51.7 Å². The number of tetrazole rings is 1. The normalized spacial score (nSPS) is 14.6. The smallest absolute Gasteiger partial charge is 0.215 e. The van der Waals surface area contributed by atoms with Crippen molar-refractivity contribution in [3.63, 3.8) is 0 Å². The molecule has 33 heavy (non-hydrogen) atoms. The predicted molar refractivity (Wildman–Crippen MR) is 125 cm³/mol. The highest BCUT2D eigenvalue weighted by atomic mass is 35.5. The van der Waals surface area contributed by atoms with Crippen LogP contribution in [-0.4, -0.2) is 42.0 Å². The number of halogens is 1. The molecule has 1 N–H and O–H groups in total. The maximum absolute atomic E-state index is 6.47. The van der Waals surface area contributed by atoms with E-state index in [1.54, 1.807) is 23.1 Å². The van der Waals surface area contributed by atoms with Crippen molar-refractivity contribution in [2.75, 3.05) is 7.05 Å². The molecule has 2 heterocycles. The molecule has 0 radical (unpaired) electrons. The van der Waals surface area contributed by atoms with Crippen LogP contribution >= 0.6 is 11.6 Å². The van der Waals surface area contributed by atoms with Crippen molar-refractivity contribution < 1.29 is 4.74 Å². The van der Waals surface area contributed by atoms with E-state index in [-0.39, 0.29) is 17.5 Å². The number of ether oxygens (including phenoxy) is 1. The van der Waals surface area contributed by atoms with Crippen LogP contribution in [0.4, 0.5) is 0 Å². The van der Waals surface area contributed by atoms with Crippen LogP contribution in [0.5, 0.6) is 5.75 Å². The maximum Gasteiger partial charge on any atom is 0.215 e. The summed E-state index contributed by atoms with van der Waals surface area (Å²) >= 11 is 6.07. The number of aromatic nitrogens is 7. The van der Waals surface area contributed by atoms with Gasteiger partial charge in [-0.1, -0.05) is 62.7 Å². The Morgan fingerprint density at radius 1 is 1.03 bits per heavy atom. The molecule has 0 saturated heterocycles. The minimum Gasteiger partial charge on any atom is -0.466 e. The zero-order valence-corrected chi connectivity index (χ0v) is 19.8. The summed E-state index contributed by atoms with van der Waals surface area (Å²) in [7, 11) is 1.89. The molecule has 0 aliphatic rings. The van der Waals surface area contributed by atoms with E-state index < -0.39 is 6.23 Å². The number of hydrogen-bond acceptors (Lipinski definition) is 7. The summed E-state index contributed by atoms with van der Waals surface area (Å²) in [5.74, 6) is 1.32. The van der Waals surface area contributed by atoms with Crippen LogP contribution in [0, 0.1) is 5.41 Å². The number of nitrogens with one attached hydrogen (secondary N) is 1. The lowest BCUT2D eigenvalue weighted by atomic mass is 9.85. The third-order valence-corrected chi connectivity index (χ3v) is 5.64. The lowest BCUT2D eigenvalue weighted by Gasteiger charge is -2.37. The van der Waals surface area contributed by atoms with Crippen molar-refractivity contribution >= 4 is 11.6 Å². The second-order valence-corrected chi connectivity index (χ2v) is 9.20. The minimum absolute atomic E-state index is 0.210. The largest absolute Gasteiger partial charge is 0.466 e. The van der Waals surface area contributed by atoms with Crippen molar-refractivity contribution in [1.29, 1.82) is 0 Å². The Morgan fingerprint density at radius 2 is 1.76 bits per heavy atom. The minimum atomic E-state index is -0.579. The molecular formula is C23H27ClN8O. The van der Waals surface area contributed by atoms with Crippen LogP contribution in [-0.2, 0) is 0 Å². The van der Waals surface area contributed by atoms with Gasteiger partial charge in [-0.2, -0.15) is 5.10 Å². The Labute approximate surface area is 197 Å². The molecule has 4 aromatic rings. The van der Waals surface area contributed by atoms with Crippen LogP contribution in [0.3, 0.4) is 0 Å². The number of rotatable bonds is 8. The number of benzene rings is 2. The zero-order chi connectivity index (χ0) is 23.4. The Balaban J connectivity index is 1.81. The summed E-state index contributed by atoms with van der Waals surface area (Å²) in [4.78, 5) is 4.14. The standard InChI is InChI=1S/C23H27ClN8O/c1-23(2,3)20(22(31-15-26-14-27-31)33-18-12-10-17(24)11-13-18)32-21(28-29-30-32)19(25-4)16-8-6-5-7-9-16/h5-15,19-20,22,25H,1-4H3/t19-,20+,22-/m1/s1. The molecule has 9 nitrogen and oxygen atoms in total. The molecule has 0 bridgehead atoms. The van der Waals surface area contributed by atoms with E-state index in [9.17, 15) is 0 Å². The van der Waals surface area contributed by atoms with Crippen LogP contribution in [0.15, 0.2) is 67.3 Å². The van der Waals surface area contributed by atoms with Gasteiger partial charge in [0.1, 0.15) is 24.4 Å². The van der Waals surface area contributed by atoms with Crippen LogP contribution < -0.4 is 10.1 Å². The first-order chi connectivity index (χ1) is 15.9. The monoisotopic (exact) mass is 466 g/mol. The van der Waals surface area contributed by atoms with Gasteiger partial charge in [0.05, 0.1) is 6.04 Å². The third-order valence-electron chi connectivity index (χ3n) is 5.39. The first-order valence-electron chi connectivity index (χ1n) is 10.6. The van der Waals surface area contributed by atoms with Gasteiger partial charge >= 0.3 is 0 Å². The second-order valence-electron chi connectivity index (χ2n) is 8.76. The molecule has 0 aliphatic heterocycles. The average Bonchev–Trinajstić information content (AvgIpc) is 3.48. The van der Waals surface area contributed by atoms with Gasteiger partial charge in [-0.15, -0.1) is 5.10 Å². The van der Waals surface area contributed by atoms with E-state index in [4.69, 9.17) is 16.3 Å². The Bertz CT molecular complexity index is 1140. The molecule has 0 spiro atoms. The molecule has 2 aromatic carbocycles. The Hall–Kier alpha value is -3.30. The highest BCUT2D eigenvalue weighted by Gasteiger charge is 2.41.